The van der Waals surface area contributed by atoms with Gasteiger partial charge in [0.25, 0.3) is 5.56 Å². The number of carbonyl (C=O) groups is 1. The summed E-state index contributed by atoms with van der Waals surface area (Å²) in [5.41, 5.74) is 4.56. The Morgan fingerprint density at radius 3 is 2.54 bits per heavy atom. The lowest BCUT2D eigenvalue weighted by molar-refractivity contribution is 0.104. The molecule has 4 nitrogen and oxygen atoms in total. The van der Waals surface area contributed by atoms with E-state index in [1.54, 1.807) is 6.07 Å². The fraction of sp³-hybridized carbons (Fsp3) is 0.0500. The van der Waals surface area contributed by atoms with Crippen molar-refractivity contribution in [3.05, 3.63) is 75.6 Å². The zero-order valence-electron chi connectivity index (χ0n) is 12.9. The Morgan fingerprint density at radius 2 is 1.71 bits per heavy atom. The summed E-state index contributed by atoms with van der Waals surface area (Å²) in [6.45, 7) is 1.98. The largest absolute Gasteiger partial charge is 0.321 e. The number of nitrogens with zero attached hydrogens (tertiary/aromatic N) is 1. The number of benzene rings is 2. The molecule has 4 aromatic rings. The second kappa shape index (κ2) is 4.38. The minimum atomic E-state index is -0.218. The van der Waals surface area contributed by atoms with Gasteiger partial charge in [-0.05, 0) is 18.6 Å². The first-order valence-corrected chi connectivity index (χ1v) is 7.75. The summed E-state index contributed by atoms with van der Waals surface area (Å²) in [6, 6.07) is 15.0. The summed E-state index contributed by atoms with van der Waals surface area (Å²) in [7, 11) is 0. The van der Waals surface area contributed by atoms with E-state index >= 15 is 0 Å². The van der Waals surface area contributed by atoms with Crippen LogP contribution in [0.2, 0.25) is 0 Å². The van der Waals surface area contributed by atoms with Crippen LogP contribution in [0.15, 0.2) is 53.3 Å². The van der Waals surface area contributed by atoms with Crippen LogP contribution in [0.25, 0.3) is 33.1 Å². The maximum atomic E-state index is 12.9. The molecule has 5 rings (SSSR count). The summed E-state index contributed by atoms with van der Waals surface area (Å²) >= 11 is 0. The number of nitrogens with one attached hydrogen (secondary N) is 1. The number of hydrogen-bond donors (Lipinski definition) is 1. The molecule has 1 aliphatic rings. The van der Waals surface area contributed by atoms with Gasteiger partial charge in [0.05, 0.1) is 27.7 Å². The van der Waals surface area contributed by atoms with Crippen molar-refractivity contribution in [2.24, 2.45) is 0 Å². The van der Waals surface area contributed by atoms with Gasteiger partial charge in [-0.2, -0.15) is 0 Å². The van der Waals surface area contributed by atoms with E-state index in [1.165, 1.54) is 0 Å². The first kappa shape index (κ1) is 13.2. The highest BCUT2D eigenvalue weighted by Gasteiger charge is 2.30. The van der Waals surface area contributed by atoms with E-state index in [1.807, 2.05) is 49.4 Å². The maximum Gasteiger partial charge on any atom is 0.257 e. The number of aryl methyl sites for hydroxylation is 1. The lowest BCUT2D eigenvalue weighted by Gasteiger charge is -2.07. The molecule has 114 valence electrons. The molecule has 0 spiro atoms. The van der Waals surface area contributed by atoms with E-state index in [0.717, 1.165) is 22.0 Å². The van der Waals surface area contributed by atoms with Gasteiger partial charge >= 0.3 is 0 Å². The monoisotopic (exact) mass is 312 g/mol. The fourth-order valence-electron chi connectivity index (χ4n) is 3.53. The van der Waals surface area contributed by atoms with Gasteiger partial charge in [-0.1, -0.05) is 42.5 Å². The summed E-state index contributed by atoms with van der Waals surface area (Å²) in [4.78, 5) is 33.0. The Labute approximate surface area is 136 Å². The summed E-state index contributed by atoms with van der Waals surface area (Å²) in [5.74, 6) is -0.0812. The molecule has 0 fully saturated rings. The van der Waals surface area contributed by atoms with Crippen LogP contribution in [0, 0.1) is 6.92 Å². The molecule has 1 aliphatic carbocycles. The Bertz CT molecular complexity index is 1250. The Morgan fingerprint density at radius 1 is 0.917 bits per heavy atom. The van der Waals surface area contributed by atoms with Crippen LogP contribution >= 0.6 is 0 Å². The first-order valence-electron chi connectivity index (χ1n) is 7.75. The van der Waals surface area contributed by atoms with E-state index in [9.17, 15) is 9.59 Å². The number of ketones is 1. The number of aromatic nitrogens is 2. The van der Waals surface area contributed by atoms with Crippen LogP contribution < -0.4 is 5.56 Å². The molecule has 0 unspecified atom stereocenters. The van der Waals surface area contributed by atoms with Crippen LogP contribution in [0.3, 0.4) is 0 Å². The third-order valence-electron chi connectivity index (χ3n) is 4.69. The molecule has 24 heavy (non-hydrogen) atoms. The summed E-state index contributed by atoms with van der Waals surface area (Å²) < 4.78 is 0. The number of pyridine rings is 2. The molecule has 0 saturated heterocycles. The number of rotatable bonds is 0. The third-order valence-corrected chi connectivity index (χ3v) is 4.69. The van der Waals surface area contributed by atoms with Gasteiger partial charge in [0.15, 0.2) is 5.78 Å². The summed E-state index contributed by atoms with van der Waals surface area (Å²) in [6.07, 6.45) is 0. The SMILES string of the molecule is Cc1cccc2cc3c(=O)[nH]c4c(c3nc12)C(=O)c1ccccc1-4. The van der Waals surface area contributed by atoms with Crippen molar-refractivity contribution in [3.63, 3.8) is 0 Å². The van der Waals surface area contributed by atoms with Crippen molar-refractivity contribution in [2.45, 2.75) is 6.92 Å². The zero-order valence-corrected chi connectivity index (χ0v) is 12.9. The predicted octanol–water partition coefficient (Wildman–Crippen LogP) is 3.60. The van der Waals surface area contributed by atoms with Crippen molar-refractivity contribution in [1.82, 2.24) is 9.97 Å². The number of aromatic amines is 1. The summed E-state index contributed by atoms with van der Waals surface area (Å²) in [5, 5.41) is 1.35. The van der Waals surface area contributed by atoms with Crippen LogP contribution in [0.5, 0.6) is 0 Å². The van der Waals surface area contributed by atoms with Crippen molar-refractivity contribution < 1.29 is 4.79 Å². The second-order valence-corrected chi connectivity index (χ2v) is 6.11. The molecule has 0 aliphatic heterocycles. The number of carbonyl (C=O) groups excluding carboxylic acids is 1. The minimum absolute atomic E-state index is 0.0812. The molecule has 4 heteroatoms. The maximum absolute atomic E-state index is 12.9. The average molecular weight is 312 g/mol. The molecule has 0 bridgehead atoms. The second-order valence-electron chi connectivity index (χ2n) is 6.11. The molecule has 2 aromatic carbocycles. The molecule has 0 atom stereocenters. The lowest BCUT2D eigenvalue weighted by atomic mass is 10.0. The third kappa shape index (κ3) is 1.55. The normalized spacial score (nSPS) is 12.6. The van der Waals surface area contributed by atoms with Gasteiger partial charge in [-0.3, -0.25) is 9.59 Å². The lowest BCUT2D eigenvalue weighted by Crippen LogP contribution is -2.11. The minimum Gasteiger partial charge on any atom is -0.321 e. The highest BCUT2D eigenvalue weighted by atomic mass is 16.1. The van der Waals surface area contributed by atoms with E-state index in [0.29, 0.717) is 27.7 Å². The van der Waals surface area contributed by atoms with Crippen molar-refractivity contribution in [2.75, 3.05) is 0 Å². The number of para-hydroxylation sites is 1. The van der Waals surface area contributed by atoms with Crippen LogP contribution in [0.1, 0.15) is 21.5 Å². The standard InChI is InChI=1S/C20H12N2O2/c1-10-5-4-6-11-9-14-18(21-16(10)11)15-17(22-20(14)24)12-7-2-3-8-13(12)19(15)23/h2-9H,1H3,(H,22,24). The van der Waals surface area contributed by atoms with E-state index in [2.05, 4.69) is 4.98 Å². The Kier molecular flexibility index (Phi) is 2.41. The predicted molar refractivity (Wildman–Crippen MR) is 93.5 cm³/mol. The van der Waals surface area contributed by atoms with Crippen molar-refractivity contribution >= 4 is 27.6 Å². The Hall–Kier alpha value is -3.27. The van der Waals surface area contributed by atoms with Gasteiger partial charge in [0, 0.05) is 16.5 Å². The number of fused-ring (bicyclic) bond motifs is 6. The topological polar surface area (TPSA) is 62.8 Å². The molecular formula is C20H12N2O2. The van der Waals surface area contributed by atoms with Gasteiger partial charge < -0.3 is 4.98 Å². The van der Waals surface area contributed by atoms with Crippen LogP contribution in [0.4, 0.5) is 0 Å². The number of H-pyrrole nitrogens is 1. The highest BCUT2D eigenvalue weighted by Crippen LogP contribution is 2.37. The quantitative estimate of drug-likeness (QED) is 0.444. The van der Waals surface area contributed by atoms with E-state index < -0.39 is 0 Å². The first-order chi connectivity index (χ1) is 11.6. The molecule has 2 heterocycles. The van der Waals surface area contributed by atoms with E-state index in [4.69, 9.17) is 4.98 Å². The molecule has 1 N–H and O–H groups in total. The van der Waals surface area contributed by atoms with Crippen LogP contribution in [-0.4, -0.2) is 15.8 Å². The molecule has 0 amide bonds. The van der Waals surface area contributed by atoms with Gasteiger partial charge in [0.2, 0.25) is 0 Å². The molecule has 0 saturated carbocycles. The van der Waals surface area contributed by atoms with Gasteiger partial charge in [-0.15, -0.1) is 0 Å². The molecular weight excluding hydrogens is 300 g/mol. The fourth-order valence-corrected chi connectivity index (χ4v) is 3.53. The highest BCUT2D eigenvalue weighted by molar-refractivity contribution is 6.26. The smallest absolute Gasteiger partial charge is 0.257 e. The van der Waals surface area contributed by atoms with Crippen molar-refractivity contribution in [3.8, 4) is 11.3 Å². The van der Waals surface area contributed by atoms with Gasteiger partial charge in [-0.25, -0.2) is 4.98 Å². The van der Waals surface area contributed by atoms with Crippen molar-refractivity contribution in [1.29, 1.82) is 0 Å². The Balaban J connectivity index is 2.01. The van der Waals surface area contributed by atoms with E-state index in [-0.39, 0.29) is 11.3 Å². The molecule has 0 radical (unpaired) electrons. The number of hydrogen-bond acceptors (Lipinski definition) is 3. The zero-order chi connectivity index (χ0) is 16.4. The average Bonchev–Trinajstić information content (AvgIpc) is 2.88. The molecule has 2 aromatic heterocycles. The van der Waals surface area contributed by atoms with Crippen LogP contribution in [-0.2, 0) is 0 Å². The van der Waals surface area contributed by atoms with Gasteiger partial charge in [0.1, 0.15) is 0 Å².